The Balaban J connectivity index is 1.60. The fourth-order valence-electron chi connectivity index (χ4n) is 2.91. The largest absolute Gasteiger partial charge is 0.495 e. The number of pyridine rings is 1. The first kappa shape index (κ1) is 18.6. The van der Waals surface area contributed by atoms with E-state index in [1.54, 1.807) is 25.3 Å². The Morgan fingerprint density at radius 1 is 1.18 bits per heavy atom. The van der Waals surface area contributed by atoms with Crippen molar-refractivity contribution in [1.82, 2.24) is 14.6 Å². The Hall–Kier alpha value is -2.77. The monoisotopic (exact) mass is 412 g/mol. The lowest BCUT2D eigenvalue weighted by atomic mass is 10.2. The number of thioether (sulfide) groups is 1. The summed E-state index contributed by atoms with van der Waals surface area (Å²) in [5.41, 5.74) is 2.27. The van der Waals surface area contributed by atoms with E-state index in [1.807, 2.05) is 47.7 Å². The second kappa shape index (κ2) is 7.69. The van der Waals surface area contributed by atoms with Gasteiger partial charge in [-0.2, -0.15) is 0 Å². The van der Waals surface area contributed by atoms with Gasteiger partial charge in [0.25, 0.3) is 0 Å². The predicted octanol–water partition coefficient (Wildman–Crippen LogP) is 4.66. The maximum absolute atomic E-state index is 12.7. The van der Waals surface area contributed by atoms with E-state index in [0.717, 1.165) is 16.6 Å². The third-order valence-corrected chi connectivity index (χ3v) is 5.60. The van der Waals surface area contributed by atoms with Gasteiger partial charge in [0.05, 0.1) is 23.6 Å². The van der Waals surface area contributed by atoms with E-state index < -0.39 is 5.25 Å². The average Bonchev–Trinajstić information content (AvgIpc) is 3.11. The molecule has 1 unspecified atom stereocenters. The van der Waals surface area contributed by atoms with E-state index in [0.29, 0.717) is 21.6 Å². The molecule has 0 bridgehead atoms. The van der Waals surface area contributed by atoms with E-state index in [4.69, 9.17) is 16.3 Å². The Morgan fingerprint density at radius 3 is 2.82 bits per heavy atom. The van der Waals surface area contributed by atoms with E-state index >= 15 is 0 Å². The molecule has 142 valence electrons. The Labute approximate surface area is 170 Å². The molecule has 4 aromatic rings. The summed E-state index contributed by atoms with van der Waals surface area (Å²) in [6, 6.07) is 17.0. The molecule has 0 aliphatic rings. The van der Waals surface area contributed by atoms with Gasteiger partial charge in [0.1, 0.15) is 5.75 Å². The Bertz CT molecular complexity index is 1180. The van der Waals surface area contributed by atoms with E-state index in [9.17, 15) is 4.79 Å². The van der Waals surface area contributed by atoms with Crippen LogP contribution in [0.1, 0.15) is 6.92 Å². The lowest BCUT2D eigenvalue weighted by Gasteiger charge is -2.14. The summed E-state index contributed by atoms with van der Waals surface area (Å²) >= 11 is 7.38. The number of para-hydroxylation sites is 1. The first-order valence-electron chi connectivity index (χ1n) is 8.61. The van der Waals surface area contributed by atoms with Gasteiger partial charge in [-0.1, -0.05) is 41.6 Å². The molecule has 8 heteroatoms. The number of methoxy groups -OCH3 is 1. The van der Waals surface area contributed by atoms with Crippen LogP contribution in [0.5, 0.6) is 5.75 Å². The van der Waals surface area contributed by atoms with Gasteiger partial charge in [-0.3, -0.25) is 9.20 Å². The number of anilines is 1. The molecule has 1 N–H and O–H groups in total. The zero-order valence-electron chi connectivity index (χ0n) is 15.2. The number of nitrogens with zero attached hydrogens (tertiary/aromatic N) is 3. The highest BCUT2D eigenvalue weighted by Gasteiger charge is 2.20. The molecule has 2 heterocycles. The SMILES string of the molecule is COc1ccc(Cl)cc1NC(=O)C(C)Sc1nnc2ccc3ccccc3n12. The third kappa shape index (κ3) is 3.50. The van der Waals surface area contributed by atoms with Gasteiger partial charge in [0.15, 0.2) is 10.8 Å². The molecule has 4 rings (SSSR count). The van der Waals surface area contributed by atoms with Crippen molar-refractivity contribution in [3.8, 4) is 5.75 Å². The van der Waals surface area contributed by atoms with E-state index in [1.165, 1.54) is 11.8 Å². The number of fused-ring (bicyclic) bond motifs is 3. The highest BCUT2D eigenvalue weighted by Crippen LogP contribution is 2.30. The van der Waals surface area contributed by atoms with Gasteiger partial charge in [-0.25, -0.2) is 0 Å². The normalized spacial score (nSPS) is 12.2. The van der Waals surface area contributed by atoms with Crippen molar-refractivity contribution in [1.29, 1.82) is 0 Å². The molecule has 0 radical (unpaired) electrons. The summed E-state index contributed by atoms with van der Waals surface area (Å²) in [6.45, 7) is 1.82. The molecule has 1 atom stereocenters. The quantitative estimate of drug-likeness (QED) is 0.482. The fourth-order valence-corrected chi connectivity index (χ4v) is 3.95. The summed E-state index contributed by atoms with van der Waals surface area (Å²) in [5, 5.41) is 13.2. The molecule has 0 aliphatic heterocycles. The van der Waals surface area contributed by atoms with Crippen molar-refractivity contribution in [3.63, 3.8) is 0 Å². The molecule has 0 saturated carbocycles. The van der Waals surface area contributed by atoms with Crippen LogP contribution in [0.25, 0.3) is 16.6 Å². The van der Waals surface area contributed by atoms with Crippen molar-refractivity contribution >= 4 is 51.5 Å². The second-order valence-corrected chi connectivity index (χ2v) is 7.91. The maximum Gasteiger partial charge on any atom is 0.237 e. The van der Waals surface area contributed by atoms with Gasteiger partial charge in [-0.15, -0.1) is 10.2 Å². The fraction of sp³-hybridized carbons (Fsp3) is 0.150. The molecular formula is C20H17ClN4O2S. The number of rotatable bonds is 5. The van der Waals surface area contributed by atoms with E-state index in [-0.39, 0.29) is 5.91 Å². The minimum Gasteiger partial charge on any atom is -0.495 e. The van der Waals surface area contributed by atoms with Gasteiger partial charge in [0.2, 0.25) is 5.91 Å². The Morgan fingerprint density at radius 2 is 2.00 bits per heavy atom. The number of aromatic nitrogens is 3. The van der Waals surface area contributed by atoms with Crippen LogP contribution >= 0.6 is 23.4 Å². The molecule has 6 nitrogen and oxygen atoms in total. The maximum atomic E-state index is 12.7. The zero-order valence-corrected chi connectivity index (χ0v) is 16.8. The van der Waals surface area contributed by atoms with Gasteiger partial charge < -0.3 is 10.1 Å². The number of carbonyl (C=O) groups is 1. The number of nitrogens with one attached hydrogen (secondary N) is 1. The second-order valence-electron chi connectivity index (χ2n) is 6.16. The highest BCUT2D eigenvalue weighted by atomic mass is 35.5. The van der Waals surface area contributed by atoms with Gasteiger partial charge in [0, 0.05) is 5.02 Å². The first-order valence-corrected chi connectivity index (χ1v) is 9.86. The van der Waals surface area contributed by atoms with Crippen LogP contribution < -0.4 is 10.1 Å². The van der Waals surface area contributed by atoms with Gasteiger partial charge >= 0.3 is 0 Å². The number of hydrogen-bond donors (Lipinski definition) is 1. The Kier molecular flexibility index (Phi) is 5.11. The van der Waals surface area contributed by atoms with E-state index in [2.05, 4.69) is 15.5 Å². The van der Waals surface area contributed by atoms with Crippen LogP contribution in [0.2, 0.25) is 5.02 Å². The number of hydrogen-bond acceptors (Lipinski definition) is 5. The molecule has 0 spiro atoms. The van der Waals surface area contributed by atoms with Crippen molar-refractivity contribution in [2.24, 2.45) is 0 Å². The van der Waals surface area contributed by atoms with Crippen LogP contribution in [0, 0.1) is 0 Å². The van der Waals surface area contributed by atoms with Crippen molar-refractivity contribution in [2.45, 2.75) is 17.3 Å². The first-order chi connectivity index (χ1) is 13.6. The average molecular weight is 413 g/mol. The molecular weight excluding hydrogens is 396 g/mol. The van der Waals surface area contributed by atoms with Crippen LogP contribution in [0.3, 0.4) is 0 Å². The van der Waals surface area contributed by atoms with Crippen molar-refractivity contribution < 1.29 is 9.53 Å². The van der Waals surface area contributed by atoms with Crippen molar-refractivity contribution in [2.75, 3.05) is 12.4 Å². The summed E-state index contributed by atoms with van der Waals surface area (Å²) in [4.78, 5) is 12.7. The lowest BCUT2D eigenvalue weighted by molar-refractivity contribution is -0.115. The zero-order chi connectivity index (χ0) is 19.7. The minimum atomic E-state index is -0.407. The summed E-state index contributed by atoms with van der Waals surface area (Å²) in [7, 11) is 1.55. The number of amides is 1. The third-order valence-electron chi connectivity index (χ3n) is 4.32. The molecule has 2 aromatic heterocycles. The summed E-state index contributed by atoms with van der Waals surface area (Å²) < 4.78 is 7.25. The van der Waals surface area contributed by atoms with Gasteiger partial charge in [-0.05, 0) is 48.7 Å². The number of benzene rings is 2. The minimum absolute atomic E-state index is 0.178. The lowest BCUT2D eigenvalue weighted by Crippen LogP contribution is -2.23. The number of ether oxygens (including phenoxy) is 1. The smallest absolute Gasteiger partial charge is 0.237 e. The number of carbonyl (C=O) groups excluding carboxylic acids is 1. The standard InChI is InChI=1S/C20H17ClN4O2S/c1-12(19(26)22-15-11-14(21)8-9-17(15)27-2)28-20-24-23-18-10-7-13-5-3-4-6-16(13)25(18)20/h3-12H,1-2H3,(H,22,26). The summed E-state index contributed by atoms with van der Waals surface area (Å²) in [5.74, 6) is 0.372. The number of halogens is 1. The topological polar surface area (TPSA) is 68.5 Å². The molecule has 0 fully saturated rings. The summed E-state index contributed by atoms with van der Waals surface area (Å²) in [6.07, 6.45) is 0. The molecule has 0 aliphatic carbocycles. The molecule has 2 aromatic carbocycles. The van der Waals surface area contributed by atoms with Crippen LogP contribution in [0.15, 0.2) is 59.8 Å². The van der Waals surface area contributed by atoms with Crippen LogP contribution in [-0.2, 0) is 4.79 Å². The highest BCUT2D eigenvalue weighted by molar-refractivity contribution is 8.00. The molecule has 28 heavy (non-hydrogen) atoms. The van der Waals surface area contributed by atoms with Crippen LogP contribution in [0.4, 0.5) is 5.69 Å². The molecule has 1 amide bonds. The predicted molar refractivity (Wildman–Crippen MR) is 112 cm³/mol. The van der Waals surface area contributed by atoms with Crippen molar-refractivity contribution in [3.05, 3.63) is 59.6 Å². The van der Waals surface area contributed by atoms with Crippen LogP contribution in [-0.4, -0.2) is 32.9 Å². The molecule has 0 saturated heterocycles.